The number of benzene rings is 2. The molecule has 0 aromatic heterocycles. The number of likely N-dealkylation sites (tertiary alicyclic amines) is 1. The van der Waals surface area contributed by atoms with Crippen LogP contribution in [0, 0.1) is 11.8 Å². The fraction of sp³-hybridized carbons (Fsp3) is 0.409. The second-order valence-electron chi connectivity index (χ2n) is 7.24. The van der Waals surface area contributed by atoms with Crippen molar-refractivity contribution < 1.29 is 9.53 Å². The van der Waals surface area contributed by atoms with Gasteiger partial charge in [0.05, 0.1) is 6.61 Å². The van der Waals surface area contributed by atoms with Crippen molar-refractivity contribution in [3.05, 3.63) is 54.6 Å². The predicted molar refractivity (Wildman–Crippen MR) is 99.4 cm³/mol. The molecule has 0 N–H and O–H groups in total. The first-order chi connectivity index (χ1) is 12.3. The lowest BCUT2D eigenvalue weighted by atomic mass is 9.97. The van der Waals surface area contributed by atoms with Crippen LogP contribution in [0.5, 0.6) is 5.75 Å². The van der Waals surface area contributed by atoms with Crippen LogP contribution < -0.4 is 4.74 Å². The van der Waals surface area contributed by atoms with Crippen LogP contribution in [0.25, 0.3) is 11.1 Å². The average molecular weight is 335 g/mol. The highest BCUT2D eigenvalue weighted by atomic mass is 16.5. The Bertz CT molecular complexity index is 699. The van der Waals surface area contributed by atoms with E-state index in [1.165, 1.54) is 11.1 Å². The lowest BCUT2D eigenvalue weighted by molar-refractivity contribution is -0.134. The fourth-order valence-electron chi connectivity index (χ4n) is 3.50. The van der Waals surface area contributed by atoms with Crippen LogP contribution in [0.4, 0.5) is 0 Å². The van der Waals surface area contributed by atoms with Crippen molar-refractivity contribution in [1.82, 2.24) is 4.90 Å². The monoisotopic (exact) mass is 335 g/mol. The van der Waals surface area contributed by atoms with E-state index in [4.69, 9.17) is 4.74 Å². The van der Waals surface area contributed by atoms with Crippen molar-refractivity contribution in [3.63, 3.8) is 0 Å². The van der Waals surface area contributed by atoms with Crippen LogP contribution >= 0.6 is 0 Å². The Hall–Kier alpha value is -2.29. The van der Waals surface area contributed by atoms with Crippen LogP contribution in [0.3, 0.4) is 0 Å². The summed E-state index contributed by atoms with van der Waals surface area (Å²) in [6.07, 6.45) is 4.31. The van der Waals surface area contributed by atoms with Gasteiger partial charge in [-0.05, 0) is 54.9 Å². The first-order valence-corrected chi connectivity index (χ1v) is 9.36. The highest BCUT2D eigenvalue weighted by Gasteiger charge is 2.34. The molecule has 1 aliphatic heterocycles. The van der Waals surface area contributed by atoms with E-state index in [1.54, 1.807) is 0 Å². The standard InChI is InChI=1S/C22H25NO2/c24-22(20-6-7-20)23-14-12-17(13-15-23)16-25-21-10-8-19(9-11-21)18-4-2-1-3-5-18/h1-5,8-11,17,20H,6-7,12-16H2. The number of piperidine rings is 1. The van der Waals surface area contributed by atoms with Gasteiger partial charge < -0.3 is 9.64 Å². The van der Waals surface area contributed by atoms with Gasteiger partial charge in [0, 0.05) is 19.0 Å². The summed E-state index contributed by atoms with van der Waals surface area (Å²) in [6.45, 7) is 2.54. The summed E-state index contributed by atoms with van der Waals surface area (Å²) in [6, 6.07) is 18.7. The molecule has 0 bridgehead atoms. The normalized spacial score (nSPS) is 18.2. The number of nitrogens with zero attached hydrogens (tertiary/aromatic N) is 1. The first-order valence-electron chi connectivity index (χ1n) is 9.36. The van der Waals surface area contributed by atoms with E-state index >= 15 is 0 Å². The van der Waals surface area contributed by atoms with Gasteiger partial charge in [-0.1, -0.05) is 42.5 Å². The lowest BCUT2D eigenvalue weighted by Crippen LogP contribution is -2.40. The molecular formula is C22H25NO2. The molecule has 2 aromatic carbocycles. The van der Waals surface area contributed by atoms with E-state index in [0.29, 0.717) is 17.7 Å². The molecule has 1 saturated heterocycles. The van der Waals surface area contributed by atoms with Gasteiger partial charge in [-0.2, -0.15) is 0 Å². The van der Waals surface area contributed by atoms with Gasteiger partial charge in [-0.25, -0.2) is 0 Å². The van der Waals surface area contributed by atoms with Gasteiger partial charge in [0.15, 0.2) is 0 Å². The van der Waals surface area contributed by atoms with Gasteiger partial charge in [-0.15, -0.1) is 0 Å². The number of rotatable bonds is 5. The first kappa shape index (κ1) is 16.2. The van der Waals surface area contributed by atoms with Crippen LogP contribution in [0.2, 0.25) is 0 Å². The topological polar surface area (TPSA) is 29.5 Å². The summed E-state index contributed by atoms with van der Waals surface area (Å²) in [5.74, 6) is 2.21. The van der Waals surface area contributed by atoms with Crippen molar-refractivity contribution in [1.29, 1.82) is 0 Å². The van der Waals surface area contributed by atoms with Gasteiger partial charge in [0.2, 0.25) is 5.91 Å². The zero-order chi connectivity index (χ0) is 17.1. The van der Waals surface area contributed by atoms with Crippen LogP contribution in [0.1, 0.15) is 25.7 Å². The molecule has 1 saturated carbocycles. The number of ether oxygens (including phenoxy) is 1. The summed E-state index contributed by atoms with van der Waals surface area (Å²) < 4.78 is 5.99. The second kappa shape index (κ2) is 7.30. The van der Waals surface area contributed by atoms with E-state index in [9.17, 15) is 4.79 Å². The molecule has 3 nitrogen and oxygen atoms in total. The second-order valence-corrected chi connectivity index (χ2v) is 7.24. The van der Waals surface area contributed by atoms with Crippen molar-refractivity contribution in [2.45, 2.75) is 25.7 Å². The summed E-state index contributed by atoms with van der Waals surface area (Å²) in [5.41, 5.74) is 2.43. The smallest absolute Gasteiger partial charge is 0.225 e. The van der Waals surface area contributed by atoms with Crippen molar-refractivity contribution in [2.24, 2.45) is 11.8 Å². The van der Waals surface area contributed by atoms with E-state index in [-0.39, 0.29) is 0 Å². The van der Waals surface area contributed by atoms with Gasteiger partial charge in [-0.3, -0.25) is 4.79 Å². The molecule has 130 valence electrons. The predicted octanol–water partition coefficient (Wildman–Crippen LogP) is 4.38. The summed E-state index contributed by atoms with van der Waals surface area (Å²) in [4.78, 5) is 14.1. The minimum Gasteiger partial charge on any atom is -0.493 e. The third-order valence-corrected chi connectivity index (χ3v) is 5.30. The molecular weight excluding hydrogens is 310 g/mol. The van der Waals surface area contributed by atoms with Crippen LogP contribution in [-0.4, -0.2) is 30.5 Å². The molecule has 1 amide bonds. The summed E-state index contributed by atoms with van der Waals surface area (Å²) >= 11 is 0. The Morgan fingerprint density at radius 2 is 1.52 bits per heavy atom. The highest BCUT2D eigenvalue weighted by molar-refractivity contribution is 5.81. The Morgan fingerprint density at radius 3 is 2.16 bits per heavy atom. The molecule has 1 heterocycles. The minimum absolute atomic E-state index is 0.343. The number of amides is 1. The van der Waals surface area contributed by atoms with E-state index < -0.39 is 0 Å². The van der Waals surface area contributed by atoms with Gasteiger partial charge >= 0.3 is 0 Å². The largest absolute Gasteiger partial charge is 0.493 e. The summed E-state index contributed by atoms with van der Waals surface area (Å²) in [5, 5.41) is 0. The highest BCUT2D eigenvalue weighted by Crippen LogP contribution is 2.32. The molecule has 1 aliphatic carbocycles. The number of carbonyl (C=O) groups excluding carboxylic acids is 1. The number of hydrogen-bond donors (Lipinski definition) is 0. The van der Waals surface area contributed by atoms with Gasteiger partial charge in [0.1, 0.15) is 5.75 Å². The molecule has 2 fully saturated rings. The summed E-state index contributed by atoms with van der Waals surface area (Å²) in [7, 11) is 0. The molecule has 25 heavy (non-hydrogen) atoms. The Balaban J connectivity index is 1.25. The van der Waals surface area contributed by atoms with Crippen molar-refractivity contribution in [2.75, 3.05) is 19.7 Å². The number of carbonyl (C=O) groups is 1. The third-order valence-electron chi connectivity index (χ3n) is 5.30. The maximum Gasteiger partial charge on any atom is 0.225 e. The Kier molecular flexibility index (Phi) is 4.73. The van der Waals surface area contributed by atoms with Crippen molar-refractivity contribution >= 4 is 5.91 Å². The fourth-order valence-corrected chi connectivity index (χ4v) is 3.50. The lowest BCUT2D eigenvalue weighted by Gasteiger charge is -2.32. The maximum absolute atomic E-state index is 12.1. The quantitative estimate of drug-likeness (QED) is 0.811. The van der Waals surface area contributed by atoms with Gasteiger partial charge in [0.25, 0.3) is 0 Å². The van der Waals surface area contributed by atoms with E-state index in [1.807, 2.05) is 18.2 Å². The molecule has 2 aliphatic rings. The Labute approximate surface area is 149 Å². The molecule has 0 spiro atoms. The molecule has 2 aromatic rings. The Morgan fingerprint density at radius 1 is 0.880 bits per heavy atom. The van der Waals surface area contributed by atoms with E-state index in [0.717, 1.165) is 51.1 Å². The van der Waals surface area contributed by atoms with Crippen LogP contribution in [0.15, 0.2) is 54.6 Å². The molecule has 0 radical (unpaired) electrons. The van der Waals surface area contributed by atoms with Crippen molar-refractivity contribution in [3.8, 4) is 16.9 Å². The molecule has 0 unspecified atom stereocenters. The zero-order valence-corrected chi connectivity index (χ0v) is 14.6. The number of hydrogen-bond acceptors (Lipinski definition) is 2. The SMILES string of the molecule is O=C(C1CC1)N1CCC(COc2ccc(-c3ccccc3)cc2)CC1. The van der Waals surface area contributed by atoms with Crippen LogP contribution in [-0.2, 0) is 4.79 Å². The third kappa shape index (κ3) is 4.04. The molecule has 0 atom stereocenters. The minimum atomic E-state index is 0.343. The molecule has 4 rings (SSSR count). The van der Waals surface area contributed by atoms with E-state index in [2.05, 4.69) is 41.3 Å². The zero-order valence-electron chi connectivity index (χ0n) is 14.6. The average Bonchev–Trinajstić information content (AvgIpc) is 3.53. The maximum atomic E-state index is 12.1. The molecule has 3 heteroatoms.